The van der Waals surface area contributed by atoms with Gasteiger partial charge in [-0.25, -0.2) is 0 Å². The van der Waals surface area contributed by atoms with Crippen molar-refractivity contribution < 1.29 is 4.74 Å². The summed E-state index contributed by atoms with van der Waals surface area (Å²) >= 11 is 4.91. The molecule has 0 amide bonds. The van der Waals surface area contributed by atoms with Crippen LogP contribution in [-0.4, -0.2) is 36.1 Å². The third kappa shape index (κ3) is 5.17. The van der Waals surface area contributed by atoms with Crippen LogP contribution in [0.3, 0.4) is 0 Å². The van der Waals surface area contributed by atoms with Gasteiger partial charge in [0, 0.05) is 18.2 Å². The summed E-state index contributed by atoms with van der Waals surface area (Å²) in [6.45, 7) is 6.07. The molecule has 4 heteroatoms. The van der Waals surface area contributed by atoms with E-state index < -0.39 is 0 Å². The molecule has 0 heterocycles. The van der Waals surface area contributed by atoms with Crippen molar-refractivity contribution in [3.8, 4) is 5.75 Å². The predicted molar refractivity (Wildman–Crippen MR) is 84.8 cm³/mol. The van der Waals surface area contributed by atoms with Crippen molar-refractivity contribution in [2.45, 2.75) is 32.7 Å². The zero-order valence-corrected chi connectivity index (χ0v) is 12.9. The van der Waals surface area contributed by atoms with Gasteiger partial charge in [0.2, 0.25) is 0 Å². The van der Waals surface area contributed by atoms with E-state index in [0.29, 0.717) is 17.6 Å². The highest BCUT2D eigenvalue weighted by atomic mass is 32.1. The summed E-state index contributed by atoms with van der Waals surface area (Å²) in [7, 11) is 2.15. The molecule has 0 spiro atoms. The van der Waals surface area contributed by atoms with Gasteiger partial charge in [-0.2, -0.15) is 0 Å². The van der Waals surface area contributed by atoms with Crippen LogP contribution in [0.1, 0.15) is 32.3 Å². The van der Waals surface area contributed by atoms with Crippen molar-refractivity contribution in [2.24, 2.45) is 5.73 Å². The van der Waals surface area contributed by atoms with Gasteiger partial charge in [0.05, 0.1) is 0 Å². The number of benzene rings is 1. The van der Waals surface area contributed by atoms with Crippen molar-refractivity contribution in [3.63, 3.8) is 0 Å². The molecule has 0 bridgehead atoms. The largest absolute Gasteiger partial charge is 0.492 e. The topological polar surface area (TPSA) is 38.5 Å². The lowest BCUT2D eigenvalue weighted by Crippen LogP contribution is -2.33. The van der Waals surface area contributed by atoms with E-state index in [1.54, 1.807) is 0 Å². The fourth-order valence-corrected chi connectivity index (χ4v) is 2.25. The number of rotatable bonds is 8. The van der Waals surface area contributed by atoms with Crippen LogP contribution in [0, 0.1) is 0 Å². The van der Waals surface area contributed by atoms with Gasteiger partial charge >= 0.3 is 0 Å². The van der Waals surface area contributed by atoms with Gasteiger partial charge in [0.1, 0.15) is 17.3 Å². The maximum Gasteiger partial charge on any atom is 0.119 e. The number of hydrogen-bond acceptors (Lipinski definition) is 3. The normalized spacial score (nSPS) is 11.0. The molecule has 0 aliphatic rings. The second-order valence-electron chi connectivity index (χ2n) is 4.69. The first kappa shape index (κ1) is 15.9. The average Bonchev–Trinajstić information content (AvgIpc) is 2.40. The third-order valence-electron chi connectivity index (χ3n) is 3.42. The smallest absolute Gasteiger partial charge is 0.119 e. The Morgan fingerprint density at radius 1 is 1.26 bits per heavy atom. The maximum absolute atomic E-state index is 5.72. The summed E-state index contributed by atoms with van der Waals surface area (Å²) in [6, 6.07) is 8.24. The minimum Gasteiger partial charge on any atom is -0.492 e. The van der Waals surface area contributed by atoms with Crippen LogP contribution in [0.5, 0.6) is 5.75 Å². The maximum atomic E-state index is 5.72. The van der Waals surface area contributed by atoms with Crippen molar-refractivity contribution >= 4 is 17.2 Å². The van der Waals surface area contributed by atoms with Gasteiger partial charge < -0.3 is 15.4 Å². The number of ether oxygens (including phenoxy) is 1. The molecule has 0 saturated heterocycles. The minimum atomic E-state index is 0.417. The molecule has 1 rings (SSSR count). The third-order valence-corrected chi connectivity index (χ3v) is 3.65. The molecule has 106 valence electrons. The Kier molecular flexibility index (Phi) is 6.81. The van der Waals surface area contributed by atoms with Crippen LogP contribution in [0.4, 0.5) is 0 Å². The number of hydrogen-bond donors (Lipinski definition) is 1. The predicted octanol–water partition coefficient (Wildman–Crippen LogP) is 2.82. The second-order valence-corrected chi connectivity index (χ2v) is 5.13. The first-order chi connectivity index (χ1) is 9.08. The van der Waals surface area contributed by atoms with Crippen LogP contribution in [0.25, 0.3) is 0 Å². The van der Waals surface area contributed by atoms with Gasteiger partial charge in [0.15, 0.2) is 0 Å². The fourth-order valence-electron chi connectivity index (χ4n) is 2.12. The van der Waals surface area contributed by atoms with Crippen molar-refractivity contribution in [1.82, 2.24) is 4.90 Å². The van der Waals surface area contributed by atoms with Gasteiger partial charge in [-0.3, -0.25) is 0 Å². The molecular weight excluding hydrogens is 256 g/mol. The Bertz CT molecular complexity index is 388. The molecule has 0 unspecified atom stereocenters. The standard InChI is InChI=1S/C15H24N2OS/c1-4-13(5-2)17(3)10-11-18-14-8-6-12(7-9-14)15(16)19/h6-9,13H,4-5,10-11H2,1-3H3,(H2,16,19). The SMILES string of the molecule is CCC(CC)N(C)CCOc1ccc(C(N)=S)cc1. The average molecular weight is 280 g/mol. The number of nitrogens with two attached hydrogens (primary N) is 1. The molecule has 0 aliphatic heterocycles. The lowest BCUT2D eigenvalue weighted by atomic mass is 10.1. The summed E-state index contributed by atoms with van der Waals surface area (Å²) in [5, 5.41) is 0. The second kappa shape index (κ2) is 8.12. The molecular formula is C15H24N2OS. The van der Waals surface area contributed by atoms with E-state index in [0.717, 1.165) is 17.9 Å². The fraction of sp³-hybridized carbons (Fsp3) is 0.533. The van der Waals surface area contributed by atoms with E-state index in [-0.39, 0.29) is 0 Å². The molecule has 0 fully saturated rings. The Morgan fingerprint density at radius 2 is 1.84 bits per heavy atom. The van der Waals surface area contributed by atoms with Crippen LogP contribution >= 0.6 is 12.2 Å². The summed E-state index contributed by atoms with van der Waals surface area (Å²) in [5.41, 5.74) is 6.42. The zero-order valence-electron chi connectivity index (χ0n) is 12.1. The molecule has 0 atom stereocenters. The molecule has 0 aliphatic carbocycles. The molecule has 2 N–H and O–H groups in total. The van der Waals surface area contributed by atoms with E-state index in [1.807, 2.05) is 24.3 Å². The summed E-state index contributed by atoms with van der Waals surface area (Å²) in [6.07, 6.45) is 2.35. The monoisotopic (exact) mass is 280 g/mol. The lowest BCUT2D eigenvalue weighted by molar-refractivity contribution is 0.183. The van der Waals surface area contributed by atoms with Gasteiger partial charge in [0.25, 0.3) is 0 Å². The van der Waals surface area contributed by atoms with Crippen LogP contribution in [0.2, 0.25) is 0 Å². The van der Waals surface area contributed by atoms with E-state index in [2.05, 4.69) is 25.8 Å². The Balaban J connectivity index is 2.38. The van der Waals surface area contributed by atoms with Crippen molar-refractivity contribution in [1.29, 1.82) is 0 Å². The zero-order chi connectivity index (χ0) is 14.3. The van der Waals surface area contributed by atoms with E-state index >= 15 is 0 Å². The molecule has 3 nitrogen and oxygen atoms in total. The minimum absolute atomic E-state index is 0.417. The molecule has 1 aromatic carbocycles. The Labute approximate surface area is 121 Å². The van der Waals surface area contributed by atoms with Gasteiger partial charge in [-0.05, 0) is 44.2 Å². The molecule has 19 heavy (non-hydrogen) atoms. The van der Waals surface area contributed by atoms with Crippen LogP contribution in [-0.2, 0) is 0 Å². The number of likely N-dealkylation sites (N-methyl/N-ethyl adjacent to an activating group) is 1. The lowest BCUT2D eigenvalue weighted by Gasteiger charge is -2.25. The summed E-state index contributed by atoms with van der Waals surface area (Å²) in [4.78, 5) is 2.77. The highest BCUT2D eigenvalue weighted by Crippen LogP contribution is 2.12. The Morgan fingerprint density at radius 3 is 2.32 bits per heavy atom. The molecule has 0 saturated carbocycles. The van der Waals surface area contributed by atoms with Crippen LogP contribution < -0.4 is 10.5 Å². The van der Waals surface area contributed by atoms with Crippen molar-refractivity contribution in [3.05, 3.63) is 29.8 Å². The number of thiocarbonyl (C=S) groups is 1. The molecule has 0 aromatic heterocycles. The first-order valence-corrected chi connectivity index (χ1v) is 7.22. The van der Waals surface area contributed by atoms with Crippen molar-refractivity contribution in [2.75, 3.05) is 20.2 Å². The van der Waals surface area contributed by atoms with Gasteiger partial charge in [-0.15, -0.1) is 0 Å². The first-order valence-electron chi connectivity index (χ1n) is 6.81. The summed E-state index contributed by atoms with van der Waals surface area (Å²) < 4.78 is 5.72. The Hall–Kier alpha value is -1.13. The molecule has 0 radical (unpaired) electrons. The number of nitrogens with zero attached hydrogens (tertiary/aromatic N) is 1. The quantitative estimate of drug-likeness (QED) is 0.743. The summed E-state index contributed by atoms with van der Waals surface area (Å²) in [5.74, 6) is 0.859. The van der Waals surface area contributed by atoms with E-state index in [1.165, 1.54) is 12.8 Å². The highest BCUT2D eigenvalue weighted by Gasteiger charge is 2.09. The van der Waals surface area contributed by atoms with E-state index in [4.69, 9.17) is 22.7 Å². The highest BCUT2D eigenvalue weighted by molar-refractivity contribution is 7.80. The van der Waals surface area contributed by atoms with Crippen LogP contribution in [0.15, 0.2) is 24.3 Å². The van der Waals surface area contributed by atoms with E-state index in [9.17, 15) is 0 Å². The van der Waals surface area contributed by atoms with Gasteiger partial charge in [-0.1, -0.05) is 26.1 Å². The molecule has 1 aromatic rings.